The van der Waals surface area contributed by atoms with Crippen LogP contribution in [0, 0.1) is 11.6 Å². The normalized spacial score (nSPS) is 12.3. The van der Waals surface area contributed by atoms with E-state index >= 15 is 0 Å². The number of nitrogens with zero attached hydrogens (tertiary/aromatic N) is 2. The van der Waals surface area contributed by atoms with E-state index < -0.39 is 11.6 Å². The number of hydrogen-bond acceptors (Lipinski definition) is 4. The first-order valence-corrected chi connectivity index (χ1v) is 8.26. The van der Waals surface area contributed by atoms with Crippen LogP contribution in [0.5, 0.6) is 0 Å². The fraction of sp³-hybridized carbons (Fsp3) is 0.643. The molecule has 20 heavy (non-hydrogen) atoms. The molecule has 0 aliphatic carbocycles. The second-order valence-electron chi connectivity index (χ2n) is 4.68. The van der Waals surface area contributed by atoms with Crippen LogP contribution < -0.4 is 10.2 Å². The molecular weight excluding hydrogens is 280 g/mol. The monoisotopic (exact) mass is 303 g/mol. The largest absolute Gasteiger partial charge is 0.368 e. The number of nitrogens with one attached hydrogen (secondary N) is 1. The Hall–Kier alpha value is -1.04. The van der Waals surface area contributed by atoms with Crippen molar-refractivity contribution in [2.75, 3.05) is 35.8 Å². The molecule has 0 fully saturated rings. The number of halogens is 2. The fourth-order valence-corrected chi connectivity index (χ4v) is 2.78. The lowest BCUT2D eigenvalue weighted by atomic mass is 10.2. The van der Waals surface area contributed by atoms with Crippen molar-refractivity contribution >= 4 is 23.4 Å². The first-order chi connectivity index (χ1) is 9.54. The number of aromatic nitrogens is 1. The number of hydrogen-bond donors (Lipinski definition) is 1. The van der Waals surface area contributed by atoms with Crippen LogP contribution in [0.1, 0.15) is 26.7 Å². The molecule has 1 atom stereocenters. The van der Waals surface area contributed by atoms with Gasteiger partial charge >= 0.3 is 0 Å². The topological polar surface area (TPSA) is 28.2 Å². The SMILES string of the molecule is CCCNc1nc(N(C)C(CC)CSC)c(F)cc1F. The highest BCUT2D eigenvalue weighted by atomic mass is 32.2. The zero-order valence-electron chi connectivity index (χ0n) is 12.5. The highest BCUT2D eigenvalue weighted by Crippen LogP contribution is 2.24. The smallest absolute Gasteiger partial charge is 0.168 e. The molecule has 0 aliphatic rings. The molecule has 0 amide bonds. The van der Waals surface area contributed by atoms with Gasteiger partial charge in [0.25, 0.3) is 0 Å². The van der Waals surface area contributed by atoms with Crippen LogP contribution in [0.4, 0.5) is 20.4 Å². The molecule has 0 saturated carbocycles. The van der Waals surface area contributed by atoms with Gasteiger partial charge in [-0.25, -0.2) is 13.8 Å². The summed E-state index contributed by atoms with van der Waals surface area (Å²) in [6.45, 7) is 4.64. The maximum absolute atomic E-state index is 14.0. The van der Waals surface area contributed by atoms with Crippen LogP contribution >= 0.6 is 11.8 Å². The van der Waals surface area contributed by atoms with Crippen molar-refractivity contribution in [3.63, 3.8) is 0 Å². The Labute approximate surface area is 124 Å². The predicted molar refractivity (Wildman–Crippen MR) is 83.8 cm³/mol. The van der Waals surface area contributed by atoms with Crippen LogP contribution in [0.2, 0.25) is 0 Å². The van der Waals surface area contributed by atoms with Crippen molar-refractivity contribution in [3.05, 3.63) is 17.7 Å². The minimum atomic E-state index is -0.647. The fourth-order valence-electron chi connectivity index (χ4n) is 1.94. The van der Waals surface area contributed by atoms with E-state index in [2.05, 4.69) is 17.2 Å². The second-order valence-corrected chi connectivity index (χ2v) is 5.59. The molecule has 0 radical (unpaired) electrons. The summed E-state index contributed by atoms with van der Waals surface area (Å²) in [5.74, 6) is -0.0685. The summed E-state index contributed by atoms with van der Waals surface area (Å²) in [6.07, 6.45) is 3.75. The third kappa shape index (κ3) is 4.23. The molecule has 6 heteroatoms. The van der Waals surface area contributed by atoms with Gasteiger partial charge in [0.1, 0.15) is 0 Å². The van der Waals surface area contributed by atoms with Gasteiger partial charge in [0.2, 0.25) is 0 Å². The van der Waals surface area contributed by atoms with Crippen LogP contribution in [0.15, 0.2) is 6.07 Å². The third-order valence-electron chi connectivity index (χ3n) is 3.17. The lowest BCUT2D eigenvalue weighted by molar-refractivity contribution is 0.562. The second kappa shape index (κ2) is 8.29. The molecule has 0 aromatic carbocycles. The molecule has 1 aromatic heterocycles. The van der Waals surface area contributed by atoms with Gasteiger partial charge in [-0.15, -0.1) is 0 Å². The molecule has 0 spiro atoms. The summed E-state index contributed by atoms with van der Waals surface area (Å²) in [5, 5.41) is 2.89. The molecule has 1 aromatic rings. The van der Waals surface area contributed by atoms with E-state index in [-0.39, 0.29) is 17.7 Å². The molecule has 3 nitrogen and oxygen atoms in total. The Morgan fingerprint density at radius 2 is 2.05 bits per heavy atom. The molecule has 1 N–H and O–H groups in total. The first-order valence-electron chi connectivity index (χ1n) is 6.86. The third-order valence-corrected chi connectivity index (χ3v) is 3.88. The predicted octanol–water partition coefficient (Wildman–Crippen LogP) is 3.76. The van der Waals surface area contributed by atoms with Gasteiger partial charge in [-0.3, -0.25) is 0 Å². The van der Waals surface area contributed by atoms with Gasteiger partial charge in [-0.2, -0.15) is 11.8 Å². The van der Waals surface area contributed by atoms with Gasteiger partial charge in [-0.05, 0) is 19.1 Å². The number of pyridine rings is 1. The van der Waals surface area contributed by atoms with Crippen LogP contribution in [0.3, 0.4) is 0 Å². The zero-order chi connectivity index (χ0) is 15.1. The van der Waals surface area contributed by atoms with E-state index in [0.717, 1.165) is 24.7 Å². The van der Waals surface area contributed by atoms with E-state index in [1.807, 2.05) is 13.2 Å². The summed E-state index contributed by atoms with van der Waals surface area (Å²) < 4.78 is 27.6. The standard InChI is InChI=1S/C14H23F2N3S/c1-5-7-17-13-11(15)8-12(16)14(18-13)19(3)10(6-2)9-20-4/h8,10H,5-7,9H2,1-4H3,(H,17,18). The lowest BCUT2D eigenvalue weighted by Gasteiger charge is -2.28. The molecule has 0 saturated heterocycles. The summed E-state index contributed by atoms with van der Waals surface area (Å²) in [7, 11) is 1.80. The minimum Gasteiger partial charge on any atom is -0.368 e. The Bertz CT molecular complexity index is 429. The van der Waals surface area contributed by atoms with Gasteiger partial charge < -0.3 is 10.2 Å². The minimum absolute atomic E-state index is 0.120. The number of thioether (sulfide) groups is 1. The maximum atomic E-state index is 14.0. The highest BCUT2D eigenvalue weighted by molar-refractivity contribution is 7.98. The Kier molecular flexibility index (Phi) is 7.05. The van der Waals surface area contributed by atoms with E-state index in [1.54, 1.807) is 23.7 Å². The highest BCUT2D eigenvalue weighted by Gasteiger charge is 2.20. The van der Waals surface area contributed by atoms with Gasteiger partial charge in [-0.1, -0.05) is 13.8 Å². The van der Waals surface area contributed by atoms with Gasteiger partial charge in [0, 0.05) is 31.5 Å². The molecule has 1 rings (SSSR count). The average Bonchev–Trinajstić information content (AvgIpc) is 2.43. The van der Waals surface area contributed by atoms with Gasteiger partial charge in [0.15, 0.2) is 23.3 Å². The average molecular weight is 303 g/mol. The van der Waals surface area contributed by atoms with Crippen LogP contribution in [-0.2, 0) is 0 Å². The molecule has 1 unspecified atom stereocenters. The number of rotatable bonds is 8. The Balaban J connectivity index is 3.03. The maximum Gasteiger partial charge on any atom is 0.168 e. The molecule has 0 aliphatic heterocycles. The lowest BCUT2D eigenvalue weighted by Crippen LogP contribution is -2.34. The van der Waals surface area contributed by atoms with E-state index in [9.17, 15) is 8.78 Å². The Morgan fingerprint density at radius 3 is 2.60 bits per heavy atom. The molecule has 114 valence electrons. The van der Waals surface area contributed by atoms with Crippen molar-refractivity contribution < 1.29 is 8.78 Å². The van der Waals surface area contributed by atoms with Crippen LogP contribution in [0.25, 0.3) is 0 Å². The van der Waals surface area contributed by atoms with Crippen molar-refractivity contribution in [1.29, 1.82) is 0 Å². The zero-order valence-corrected chi connectivity index (χ0v) is 13.4. The van der Waals surface area contributed by atoms with Gasteiger partial charge in [0.05, 0.1) is 0 Å². The molecular formula is C14H23F2N3S. The molecule has 0 bridgehead atoms. The van der Waals surface area contributed by atoms with E-state index in [0.29, 0.717) is 6.54 Å². The Morgan fingerprint density at radius 1 is 1.35 bits per heavy atom. The number of anilines is 2. The van der Waals surface area contributed by atoms with Crippen molar-refractivity contribution in [2.45, 2.75) is 32.7 Å². The van der Waals surface area contributed by atoms with Crippen molar-refractivity contribution in [2.24, 2.45) is 0 Å². The van der Waals surface area contributed by atoms with Crippen molar-refractivity contribution in [1.82, 2.24) is 4.98 Å². The first kappa shape index (κ1) is 17.0. The summed E-state index contributed by atoms with van der Waals surface area (Å²) in [4.78, 5) is 5.91. The summed E-state index contributed by atoms with van der Waals surface area (Å²) in [5.41, 5.74) is 0. The summed E-state index contributed by atoms with van der Waals surface area (Å²) in [6, 6.07) is 1.08. The summed E-state index contributed by atoms with van der Waals surface area (Å²) >= 11 is 1.70. The quantitative estimate of drug-likeness (QED) is 0.791. The van der Waals surface area contributed by atoms with E-state index in [4.69, 9.17) is 0 Å². The van der Waals surface area contributed by atoms with Crippen molar-refractivity contribution in [3.8, 4) is 0 Å². The van der Waals surface area contributed by atoms with E-state index in [1.165, 1.54) is 0 Å². The molecule has 1 heterocycles. The van der Waals surface area contributed by atoms with Crippen LogP contribution in [-0.4, -0.2) is 36.6 Å².